The Bertz CT molecular complexity index is 527. The molecular formula is C16H22FN3S. The smallest absolute Gasteiger partial charge is 0.141 e. The maximum atomic E-state index is 12.9. The zero-order valence-electron chi connectivity index (χ0n) is 12.5. The van der Waals surface area contributed by atoms with Crippen LogP contribution in [0.15, 0.2) is 35.8 Å². The fourth-order valence-corrected chi connectivity index (χ4v) is 3.07. The Morgan fingerprint density at radius 3 is 2.76 bits per heavy atom. The van der Waals surface area contributed by atoms with Gasteiger partial charge in [0.05, 0.1) is 17.9 Å². The molecule has 2 atom stereocenters. The van der Waals surface area contributed by atoms with Gasteiger partial charge in [0.15, 0.2) is 0 Å². The van der Waals surface area contributed by atoms with E-state index in [2.05, 4.69) is 41.2 Å². The van der Waals surface area contributed by atoms with Crippen LogP contribution in [0.5, 0.6) is 0 Å². The zero-order chi connectivity index (χ0) is 15.2. The number of thiophene rings is 1. The maximum Gasteiger partial charge on any atom is 0.141 e. The first kappa shape index (κ1) is 16.1. The molecule has 5 heteroatoms. The minimum atomic E-state index is -0.327. The molecule has 0 aliphatic rings. The van der Waals surface area contributed by atoms with Crippen molar-refractivity contribution in [2.45, 2.75) is 26.4 Å². The highest BCUT2D eigenvalue weighted by Gasteiger charge is 2.19. The van der Waals surface area contributed by atoms with Gasteiger partial charge in [-0.25, -0.2) is 4.39 Å². The molecule has 2 aromatic rings. The van der Waals surface area contributed by atoms with Crippen molar-refractivity contribution in [3.63, 3.8) is 0 Å². The third kappa shape index (κ3) is 4.59. The van der Waals surface area contributed by atoms with Crippen molar-refractivity contribution in [2.24, 2.45) is 11.7 Å². The zero-order valence-corrected chi connectivity index (χ0v) is 13.3. The van der Waals surface area contributed by atoms with Crippen molar-refractivity contribution in [2.75, 3.05) is 13.1 Å². The SMILES string of the molecule is CCN(Cc1cccs1)CC(C)C(N)c1ccc(F)cn1. The fraction of sp³-hybridized carbons (Fsp3) is 0.438. The highest BCUT2D eigenvalue weighted by Crippen LogP contribution is 2.20. The van der Waals surface area contributed by atoms with E-state index < -0.39 is 0 Å². The third-order valence-electron chi connectivity index (χ3n) is 3.66. The second kappa shape index (κ2) is 7.64. The van der Waals surface area contributed by atoms with E-state index in [9.17, 15) is 4.39 Å². The summed E-state index contributed by atoms with van der Waals surface area (Å²) in [6.07, 6.45) is 1.23. The Morgan fingerprint density at radius 1 is 1.38 bits per heavy atom. The molecule has 0 amide bonds. The standard InChI is InChI=1S/C16H22FN3S/c1-3-20(11-14-5-4-8-21-14)10-12(2)16(18)15-7-6-13(17)9-19-15/h4-9,12,16H,3,10-11,18H2,1-2H3. The number of hydrogen-bond donors (Lipinski definition) is 1. The lowest BCUT2D eigenvalue weighted by atomic mass is 9.98. The first-order valence-electron chi connectivity index (χ1n) is 7.22. The predicted octanol–water partition coefficient (Wildman–Crippen LogP) is 3.44. The Labute approximate surface area is 129 Å². The van der Waals surface area contributed by atoms with Crippen LogP contribution in [-0.4, -0.2) is 23.0 Å². The molecule has 0 saturated carbocycles. The van der Waals surface area contributed by atoms with Crippen molar-refractivity contribution < 1.29 is 4.39 Å². The molecule has 0 radical (unpaired) electrons. The van der Waals surface area contributed by atoms with Gasteiger partial charge in [-0.3, -0.25) is 9.88 Å². The molecule has 0 aliphatic heterocycles. The third-order valence-corrected chi connectivity index (χ3v) is 4.52. The molecule has 0 aliphatic carbocycles. The van der Waals surface area contributed by atoms with Crippen LogP contribution in [0.4, 0.5) is 4.39 Å². The van der Waals surface area contributed by atoms with Crippen LogP contribution < -0.4 is 5.73 Å². The maximum absolute atomic E-state index is 12.9. The summed E-state index contributed by atoms with van der Waals surface area (Å²) >= 11 is 1.77. The molecule has 0 spiro atoms. The molecular weight excluding hydrogens is 285 g/mol. The summed E-state index contributed by atoms with van der Waals surface area (Å²) in [4.78, 5) is 7.83. The minimum Gasteiger partial charge on any atom is -0.322 e. The van der Waals surface area contributed by atoms with Crippen molar-refractivity contribution in [1.29, 1.82) is 0 Å². The van der Waals surface area contributed by atoms with E-state index in [1.807, 2.05) is 0 Å². The van der Waals surface area contributed by atoms with Crippen molar-refractivity contribution in [1.82, 2.24) is 9.88 Å². The molecule has 0 bridgehead atoms. The van der Waals surface area contributed by atoms with Gasteiger partial charge in [-0.1, -0.05) is 19.9 Å². The summed E-state index contributed by atoms with van der Waals surface area (Å²) in [5, 5.41) is 2.10. The van der Waals surface area contributed by atoms with Gasteiger partial charge in [-0.05, 0) is 36.0 Å². The Morgan fingerprint density at radius 2 is 2.19 bits per heavy atom. The monoisotopic (exact) mass is 307 g/mol. The summed E-state index contributed by atoms with van der Waals surface area (Å²) in [7, 11) is 0. The van der Waals surface area contributed by atoms with Crippen molar-refractivity contribution in [3.05, 3.63) is 52.2 Å². The highest BCUT2D eigenvalue weighted by molar-refractivity contribution is 7.09. The van der Waals surface area contributed by atoms with Crippen LogP contribution >= 0.6 is 11.3 Å². The van der Waals surface area contributed by atoms with Gasteiger partial charge in [0.25, 0.3) is 0 Å². The molecule has 0 aromatic carbocycles. The topological polar surface area (TPSA) is 42.1 Å². The number of halogens is 1. The quantitative estimate of drug-likeness (QED) is 0.852. The van der Waals surface area contributed by atoms with E-state index in [0.29, 0.717) is 0 Å². The van der Waals surface area contributed by atoms with E-state index >= 15 is 0 Å². The lowest BCUT2D eigenvalue weighted by molar-refractivity contribution is 0.225. The number of aromatic nitrogens is 1. The van der Waals surface area contributed by atoms with Crippen molar-refractivity contribution >= 4 is 11.3 Å². The Balaban J connectivity index is 1.94. The summed E-state index contributed by atoms with van der Waals surface area (Å²) in [6, 6.07) is 7.14. The van der Waals surface area contributed by atoms with Crippen LogP contribution in [0.2, 0.25) is 0 Å². The first-order valence-corrected chi connectivity index (χ1v) is 8.10. The van der Waals surface area contributed by atoms with Crippen LogP contribution in [0.1, 0.15) is 30.5 Å². The molecule has 0 fully saturated rings. The lowest BCUT2D eigenvalue weighted by Crippen LogP contribution is -2.33. The van der Waals surface area contributed by atoms with Gasteiger partial charge in [-0.2, -0.15) is 0 Å². The van der Waals surface area contributed by atoms with Gasteiger partial charge in [0.1, 0.15) is 5.82 Å². The molecule has 2 aromatic heterocycles. The number of nitrogens with zero attached hydrogens (tertiary/aromatic N) is 2. The van der Waals surface area contributed by atoms with Crippen LogP contribution in [0.25, 0.3) is 0 Å². The number of nitrogens with two attached hydrogens (primary N) is 1. The Kier molecular flexibility index (Phi) is 5.85. The molecule has 2 heterocycles. The second-order valence-corrected chi connectivity index (χ2v) is 6.34. The first-order chi connectivity index (χ1) is 10.1. The lowest BCUT2D eigenvalue weighted by Gasteiger charge is -2.27. The summed E-state index contributed by atoms with van der Waals surface area (Å²) in [5.41, 5.74) is 7.00. The number of hydrogen-bond acceptors (Lipinski definition) is 4. The predicted molar refractivity (Wildman–Crippen MR) is 85.6 cm³/mol. The molecule has 0 saturated heterocycles. The van der Waals surface area contributed by atoms with E-state index in [0.717, 1.165) is 25.3 Å². The van der Waals surface area contributed by atoms with Gasteiger partial charge in [-0.15, -0.1) is 11.3 Å². The second-order valence-electron chi connectivity index (χ2n) is 5.31. The minimum absolute atomic E-state index is 0.178. The van der Waals surface area contributed by atoms with Crippen molar-refractivity contribution in [3.8, 4) is 0 Å². The molecule has 21 heavy (non-hydrogen) atoms. The Hall–Kier alpha value is -1.30. The average molecular weight is 307 g/mol. The number of rotatable bonds is 7. The van der Waals surface area contributed by atoms with Gasteiger partial charge in [0, 0.05) is 18.0 Å². The van der Waals surface area contributed by atoms with Crippen LogP contribution in [0, 0.1) is 11.7 Å². The largest absolute Gasteiger partial charge is 0.322 e. The van der Waals surface area contributed by atoms with Crippen LogP contribution in [0.3, 0.4) is 0 Å². The summed E-state index contributed by atoms with van der Waals surface area (Å²) in [6.45, 7) is 7.09. The van der Waals surface area contributed by atoms with E-state index in [-0.39, 0.29) is 17.8 Å². The molecule has 2 N–H and O–H groups in total. The number of pyridine rings is 1. The van der Waals surface area contributed by atoms with E-state index in [1.165, 1.54) is 17.1 Å². The molecule has 2 rings (SSSR count). The molecule has 114 valence electrons. The summed E-state index contributed by atoms with van der Waals surface area (Å²) < 4.78 is 12.9. The van der Waals surface area contributed by atoms with Gasteiger partial charge >= 0.3 is 0 Å². The van der Waals surface area contributed by atoms with Gasteiger partial charge in [0.2, 0.25) is 0 Å². The summed E-state index contributed by atoms with van der Waals surface area (Å²) in [5.74, 6) is -0.0747. The average Bonchev–Trinajstić information content (AvgIpc) is 2.99. The fourth-order valence-electron chi connectivity index (χ4n) is 2.33. The molecule has 2 unspecified atom stereocenters. The van der Waals surface area contributed by atoms with Crippen LogP contribution in [-0.2, 0) is 6.54 Å². The normalized spacial score (nSPS) is 14.3. The van der Waals surface area contributed by atoms with Gasteiger partial charge < -0.3 is 5.73 Å². The molecule has 3 nitrogen and oxygen atoms in total. The highest BCUT2D eigenvalue weighted by atomic mass is 32.1. The van der Waals surface area contributed by atoms with E-state index in [1.54, 1.807) is 17.4 Å². The van der Waals surface area contributed by atoms with E-state index in [4.69, 9.17) is 5.73 Å².